The first kappa shape index (κ1) is 12.6. The van der Waals surface area contributed by atoms with Gasteiger partial charge < -0.3 is 0 Å². The second kappa shape index (κ2) is 4.31. The molecule has 0 N–H and O–H groups in total. The molecule has 4 fully saturated rings. The monoisotopic (exact) mass is 283 g/mol. The van der Waals surface area contributed by atoms with Crippen LogP contribution < -0.4 is 0 Å². The number of nitrogens with zero attached hydrogens (tertiary/aromatic N) is 3. The van der Waals surface area contributed by atoms with E-state index in [1.807, 2.05) is 0 Å². The standard InChI is InChI=1S/C18H25N3/c1-2-6-16(7-3-1)17-8-13-20-11-4-9-19-10-5-12-21(15-17)18(19,20)14-17/h1-3,6-7H,4-5,8-15H2. The summed E-state index contributed by atoms with van der Waals surface area (Å²) in [5, 5.41) is 0. The maximum atomic E-state index is 2.83. The zero-order valence-corrected chi connectivity index (χ0v) is 12.8. The highest BCUT2D eigenvalue weighted by Gasteiger charge is 2.63. The van der Waals surface area contributed by atoms with E-state index < -0.39 is 0 Å². The van der Waals surface area contributed by atoms with Crippen LogP contribution in [0.5, 0.6) is 0 Å². The second-order valence-corrected chi connectivity index (χ2v) is 7.45. The molecule has 4 saturated heterocycles. The van der Waals surface area contributed by atoms with Crippen molar-refractivity contribution in [2.45, 2.75) is 36.9 Å². The topological polar surface area (TPSA) is 9.72 Å². The smallest absolute Gasteiger partial charge is 0.132 e. The summed E-state index contributed by atoms with van der Waals surface area (Å²) in [5.41, 5.74) is 1.98. The molecule has 1 aromatic carbocycles. The number of rotatable bonds is 1. The Morgan fingerprint density at radius 1 is 0.762 bits per heavy atom. The van der Waals surface area contributed by atoms with Crippen LogP contribution in [0, 0.1) is 0 Å². The fourth-order valence-corrected chi connectivity index (χ4v) is 5.69. The van der Waals surface area contributed by atoms with Gasteiger partial charge in [-0.3, -0.25) is 14.7 Å². The third kappa shape index (κ3) is 1.55. The summed E-state index contributed by atoms with van der Waals surface area (Å²) in [4.78, 5) is 8.45. The van der Waals surface area contributed by atoms with Crippen LogP contribution in [0.15, 0.2) is 30.3 Å². The van der Waals surface area contributed by atoms with Crippen molar-refractivity contribution in [2.75, 3.05) is 39.3 Å². The van der Waals surface area contributed by atoms with E-state index >= 15 is 0 Å². The van der Waals surface area contributed by atoms with Crippen LogP contribution in [0.4, 0.5) is 0 Å². The predicted octanol–water partition coefficient (Wildman–Crippen LogP) is 2.10. The Balaban J connectivity index is 1.61. The number of piperidine rings is 1. The normalized spacial score (nSPS) is 40.2. The van der Waals surface area contributed by atoms with Gasteiger partial charge >= 0.3 is 0 Å². The summed E-state index contributed by atoms with van der Waals surface area (Å²) in [6.45, 7) is 7.75. The Hall–Kier alpha value is -0.900. The molecule has 112 valence electrons. The van der Waals surface area contributed by atoms with Crippen molar-refractivity contribution in [3.8, 4) is 0 Å². The van der Waals surface area contributed by atoms with E-state index in [4.69, 9.17) is 0 Å². The van der Waals surface area contributed by atoms with Gasteiger partial charge in [0.15, 0.2) is 0 Å². The van der Waals surface area contributed by atoms with E-state index in [9.17, 15) is 0 Å². The molecule has 4 aliphatic heterocycles. The predicted molar refractivity (Wildman–Crippen MR) is 84.0 cm³/mol. The molecule has 0 radical (unpaired) electrons. The van der Waals surface area contributed by atoms with E-state index in [1.54, 1.807) is 5.56 Å². The highest BCUT2D eigenvalue weighted by molar-refractivity contribution is 5.32. The highest BCUT2D eigenvalue weighted by Crippen LogP contribution is 2.54. The number of hydrogen-bond acceptors (Lipinski definition) is 3. The number of hydrogen-bond donors (Lipinski definition) is 0. The Morgan fingerprint density at radius 2 is 1.43 bits per heavy atom. The summed E-state index contributed by atoms with van der Waals surface area (Å²) in [6, 6.07) is 11.4. The lowest BCUT2D eigenvalue weighted by atomic mass is 9.73. The zero-order chi connectivity index (χ0) is 13.9. The van der Waals surface area contributed by atoms with E-state index in [0.717, 1.165) is 0 Å². The van der Waals surface area contributed by atoms with Gasteiger partial charge in [0.05, 0.1) is 0 Å². The first-order chi connectivity index (χ1) is 10.3. The average Bonchev–Trinajstić information content (AvgIpc) is 2.83. The average molecular weight is 283 g/mol. The van der Waals surface area contributed by atoms with Gasteiger partial charge in [-0.2, -0.15) is 0 Å². The minimum Gasteiger partial charge on any atom is -0.273 e. The van der Waals surface area contributed by atoms with Gasteiger partial charge in [0.25, 0.3) is 0 Å². The molecule has 3 heteroatoms. The van der Waals surface area contributed by atoms with Crippen LogP contribution >= 0.6 is 0 Å². The molecular weight excluding hydrogens is 258 g/mol. The summed E-state index contributed by atoms with van der Waals surface area (Å²) < 4.78 is 0. The minimum absolute atomic E-state index is 0.268. The van der Waals surface area contributed by atoms with Crippen molar-refractivity contribution in [2.24, 2.45) is 0 Å². The minimum atomic E-state index is 0.268. The quantitative estimate of drug-likeness (QED) is 0.781. The molecule has 4 aliphatic rings. The van der Waals surface area contributed by atoms with Gasteiger partial charge in [0.2, 0.25) is 0 Å². The van der Waals surface area contributed by atoms with E-state index in [2.05, 4.69) is 45.0 Å². The summed E-state index contributed by atoms with van der Waals surface area (Å²) in [5.74, 6) is 0.268. The molecule has 2 atom stereocenters. The largest absolute Gasteiger partial charge is 0.273 e. The number of benzene rings is 1. The van der Waals surface area contributed by atoms with Crippen LogP contribution in [0.25, 0.3) is 0 Å². The Morgan fingerprint density at radius 3 is 2.19 bits per heavy atom. The lowest BCUT2D eigenvalue weighted by molar-refractivity contribution is -0.197. The van der Waals surface area contributed by atoms with Gasteiger partial charge in [0, 0.05) is 51.1 Å². The van der Waals surface area contributed by atoms with Crippen LogP contribution in [0.3, 0.4) is 0 Å². The first-order valence-corrected chi connectivity index (χ1v) is 8.64. The van der Waals surface area contributed by atoms with Crippen LogP contribution in [0.1, 0.15) is 31.2 Å². The van der Waals surface area contributed by atoms with E-state index in [0.29, 0.717) is 5.41 Å². The molecule has 2 bridgehead atoms. The van der Waals surface area contributed by atoms with Gasteiger partial charge in [-0.05, 0) is 24.8 Å². The van der Waals surface area contributed by atoms with Crippen molar-refractivity contribution in [1.29, 1.82) is 0 Å². The maximum Gasteiger partial charge on any atom is 0.132 e. The molecule has 2 unspecified atom stereocenters. The van der Waals surface area contributed by atoms with E-state index in [1.165, 1.54) is 65.0 Å². The van der Waals surface area contributed by atoms with Gasteiger partial charge in [-0.1, -0.05) is 30.3 Å². The Labute approximate surface area is 127 Å². The fraction of sp³-hybridized carbons (Fsp3) is 0.667. The third-order valence-corrected chi connectivity index (χ3v) is 6.55. The Kier molecular flexibility index (Phi) is 2.59. The van der Waals surface area contributed by atoms with Crippen LogP contribution in [0.2, 0.25) is 0 Å². The van der Waals surface area contributed by atoms with Crippen LogP contribution in [-0.2, 0) is 5.41 Å². The summed E-state index contributed by atoms with van der Waals surface area (Å²) in [7, 11) is 0. The molecule has 0 aromatic heterocycles. The SMILES string of the molecule is c1ccc(C23CCN4CCCN5CCCN(C2)C54C3)cc1. The van der Waals surface area contributed by atoms with Gasteiger partial charge in [-0.15, -0.1) is 0 Å². The highest BCUT2D eigenvalue weighted by atomic mass is 15.6. The van der Waals surface area contributed by atoms with Gasteiger partial charge in [0.1, 0.15) is 5.79 Å². The van der Waals surface area contributed by atoms with Crippen LogP contribution in [-0.4, -0.2) is 59.8 Å². The van der Waals surface area contributed by atoms with Crippen molar-refractivity contribution < 1.29 is 0 Å². The van der Waals surface area contributed by atoms with Crippen molar-refractivity contribution in [1.82, 2.24) is 14.7 Å². The van der Waals surface area contributed by atoms with Gasteiger partial charge in [-0.25, -0.2) is 0 Å². The van der Waals surface area contributed by atoms with Crippen molar-refractivity contribution in [3.05, 3.63) is 35.9 Å². The van der Waals surface area contributed by atoms with Crippen molar-refractivity contribution in [3.63, 3.8) is 0 Å². The summed E-state index contributed by atoms with van der Waals surface area (Å²) in [6.07, 6.45) is 5.36. The summed E-state index contributed by atoms with van der Waals surface area (Å²) >= 11 is 0. The molecular formula is C18H25N3. The lowest BCUT2D eigenvalue weighted by Crippen LogP contribution is -2.73. The zero-order valence-electron chi connectivity index (χ0n) is 12.8. The van der Waals surface area contributed by atoms with E-state index in [-0.39, 0.29) is 5.79 Å². The molecule has 1 aromatic rings. The molecule has 5 rings (SSSR count). The molecule has 0 aliphatic carbocycles. The third-order valence-electron chi connectivity index (χ3n) is 6.55. The fourth-order valence-electron chi connectivity index (χ4n) is 5.69. The van der Waals surface area contributed by atoms with Crippen molar-refractivity contribution >= 4 is 0 Å². The molecule has 3 nitrogen and oxygen atoms in total. The maximum absolute atomic E-state index is 2.83. The number of fused-ring (bicyclic) bond motifs is 1. The molecule has 0 amide bonds. The molecule has 4 heterocycles. The Bertz CT molecular complexity index is 534. The first-order valence-electron chi connectivity index (χ1n) is 8.64. The molecule has 21 heavy (non-hydrogen) atoms. The second-order valence-electron chi connectivity index (χ2n) is 7.45. The molecule has 0 saturated carbocycles. The molecule has 1 spiro atoms. The lowest BCUT2D eigenvalue weighted by Gasteiger charge is -2.60.